The summed E-state index contributed by atoms with van der Waals surface area (Å²) in [6.45, 7) is 2.97. The molecule has 1 aliphatic rings. The van der Waals surface area contributed by atoms with Crippen LogP contribution in [0.5, 0.6) is 0 Å². The van der Waals surface area contributed by atoms with Gasteiger partial charge in [0.2, 0.25) is 5.91 Å². The maximum atomic E-state index is 12.1. The molecule has 0 spiro atoms. The fourth-order valence-electron chi connectivity index (χ4n) is 2.72. The molecule has 106 valence electrons. The molecule has 1 rings (SSSR count). The maximum Gasteiger partial charge on any atom is 0.240 e. The Kier molecular flexibility index (Phi) is 7.08. The molecule has 0 aromatic carbocycles. The molecule has 0 saturated heterocycles. The van der Waals surface area contributed by atoms with E-state index in [1.165, 1.54) is 25.0 Å². The summed E-state index contributed by atoms with van der Waals surface area (Å²) in [6.07, 6.45) is 9.60. The van der Waals surface area contributed by atoms with E-state index in [0.717, 1.165) is 32.2 Å². The Bertz CT molecular complexity index is 260. The molecule has 0 aromatic heterocycles. The zero-order valence-corrected chi connectivity index (χ0v) is 12.7. The van der Waals surface area contributed by atoms with Gasteiger partial charge < -0.3 is 11.1 Å². The van der Waals surface area contributed by atoms with Gasteiger partial charge in [0, 0.05) is 6.54 Å². The van der Waals surface area contributed by atoms with Crippen LogP contribution in [0.25, 0.3) is 0 Å². The molecule has 4 heteroatoms. The Hall–Kier alpha value is -0.220. The first-order chi connectivity index (χ1) is 8.58. The molecule has 2 atom stereocenters. The third-order valence-electron chi connectivity index (χ3n) is 3.80. The van der Waals surface area contributed by atoms with Crippen molar-refractivity contribution >= 4 is 17.7 Å². The van der Waals surface area contributed by atoms with Crippen LogP contribution in [0.1, 0.15) is 51.9 Å². The van der Waals surface area contributed by atoms with E-state index in [0.29, 0.717) is 5.92 Å². The standard InChI is InChI=1S/C14H28N2OS/c1-12-7-6-8-14(15,11-12)13(17)16-9-4-3-5-10-18-2/h12H,3-11,15H2,1-2H3,(H,16,17). The second kappa shape index (κ2) is 8.05. The first-order valence-corrected chi connectivity index (χ1v) is 8.54. The smallest absolute Gasteiger partial charge is 0.240 e. The van der Waals surface area contributed by atoms with Gasteiger partial charge >= 0.3 is 0 Å². The Morgan fingerprint density at radius 1 is 1.44 bits per heavy atom. The summed E-state index contributed by atoms with van der Waals surface area (Å²) >= 11 is 1.88. The lowest BCUT2D eigenvalue weighted by Gasteiger charge is -2.35. The number of hydrogen-bond donors (Lipinski definition) is 2. The molecule has 3 N–H and O–H groups in total. The molecule has 3 nitrogen and oxygen atoms in total. The molecular weight excluding hydrogens is 244 g/mol. The van der Waals surface area contributed by atoms with Crippen LogP contribution in [0.3, 0.4) is 0 Å². The van der Waals surface area contributed by atoms with Gasteiger partial charge in [-0.3, -0.25) is 4.79 Å². The quantitative estimate of drug-likeness (QED) is 0.700. The van der Waals surface area contributed by atoms with Crippen molar-refractivity contribution in [2.24, 2.45) is 11.7 Å². The van der Waals surface area contributed by atoms with Crippen LogP contribution in [-0.4, -0.2) is 30.0 Å². The zero-order valence-electron chi connectivity index (χ0n) is 11.8. The normalized spacial score (nSPS) is 28.1. The minimum atomic E-state index is -0.600. The first-order valence-electron chi connectivity index (χ1n) is 7.14. The van der Waals surface area contributed by atoms with Gasteiger partial charge in [-0.05, 0) is 43.6 Å². The summed E-state index contributed by atoms with van der Waals surface area (Å²) in [5, 5.41) is 3.02. The molecule has 1 aliphatic carbocycles. The van der Waals surface area contributed by atoms with Gasteiger partial charge in [-0.15, -0.1) is 0 Å². The molecule has 1 saturated carbocycles. The Morgan fingerprint density at radius 2 is 2.22 bits per heavy atom. The zero-order chi connectivity index (χ0) is 13.4. The molecule has 0 radical (unpaired) electrons. The Balaban J connectivity index is 2.19. The van der Waals surface area contributed by atoms with Crippen LogP contribution < -0.4 is 11.1 Å². The van der Waals surface area contributed by atoms with E-state index < -0.39 is 5.54 Å². The van der Waals surface area contributed by atoms with Gasteiger partial charge in [0.25, 0.3) is 0 Å². The second-order valence-corrected chi connectivity index (χ2v) is 6.65. The molecular formula is C14H28N2OS. The molecule has 0 aliphatic heterocycles. The molecule has 1 amide bonds. The first kappa shape index (κ1) is 15.8. The van der Waals surface area contributed by atoms with Gasteiger partial charge in [-0.2, -0.15) is 11.8 Å². The number of amides is 1. The van der Waals surface area contributed by atoms with E-state index >= 15 is 0 Å². The van der Waals surface area contributed by atoms with Gasteiger partial charge in [0.1, 0.15) is 0 Å². The lowest BCUT2D eigenvalue weighted by atomic mass is 9.76. The summed E-state index contributed by atoms with van der Waals surface area (Å²) in [7, 11) is 0. The summed E-state index contributed by atoms with van der Waals surface area (Å²) < 4.78 is 0. The van der Waals surface area contributed by atoms with Crippen LogP contribution in [0.2, 0.25) is 0 Å². The molecule has 0 bridgehead atoms. The van der Waals surface area contributed by atoms with Gasteiger partial charge in [0.15, 0.2) is 0 Å². The average Bonchev–Trinajstić information content (AvgIpc) is 2.33. The predicted octanol–water partition coefficient (Wildman–Crippen LogP) is 2.54. The number of thioether (sulfide) groups is 1. The number of nitrogens with one attached hydrogen (secondary N) is 1. The largest absolute Gasteiger partial charge is 0.355 e. The monoisotopic (exact) mass is 272 g/mol. The average molecular weight is 272 g/mol. The maximum absolute atomic E-state index is 12.1. The highest BCUT2D eigenvalue weighted by atomic mass is 32.2. The minimum absolute atomic E-state index is 0.0684. The van der Waals surface area contributed by atoms with Crippen molar-refractivity contribution in [2.75, 3.05) is 18.6 Å². The lowest BCUT2D eigenvalue weighted by molar-refractivity contribution is -0.128. The fraction of sp³-hybridized carbons (Fsp3) is 0.929. The van der Waals surface area contributed by atoms with E-state index in [4.69, 9.17) is 5.73 Å². The topological polar surface area (TPSA) is 55.1 Å². The molecule has 0 aromatic rings. The number of rotatable bonds is 7. The number of unbranched alkanes of at least 4 members (excludes halogenated alkanes) is 2. The highest BCUT2D eigenvalue weighted by Gasteiger charge is 2.37. The van der Waals surface area contributed by atoms with E-state index in [1.807, 2.05) is 11.8 Å². The van der Waals surface area contributed by atoms with Crippen molar-refractivity contribution in [1.82, 2.24) is 5.32 Å². The van der Waals surface area contributed by atoms with Crippen molar-refractivity contribution in [3.8, 4) is 0 Å². The van der Waals surface area contributed by atoms with Crippen LogP contribution in [0, 0.1) is 5.92 Å². The second-order valence-electron chi connectivity index (χ2n) is 5.67. The summed E-state index contributed by atoms with van der Waals surface area (Å²) in [5.74, 6) is 1.86. The van der Waals surface area contributed by atoms with Crippen molar-refractivity contribution in [1.29, 1.82) is 0 Å². The third kappa shape index (κ3) is 5.19. The van der Waals surface area contributed by atoms with Gasteiger partial charge in [-0.1, -0.05) is 26.2 Å². The van der Waals surface area contributed by atoms with E-state index in [1.54, 1.807) is 0 Å². The van der Waals surface area contributed by atoms with Crippen LogP contribution in [0.15, 0.2) is 0 Å². The highest BCUT2D eigenvalue weighted by Crippen LogP contribution is 2.30. The summed E-state index contributed by atoms with van der Waals surface area (Å²) in [6, 6.07) is 0. The minimum Gasteiger partial charge on any atom is -0.355 e. The predicted molar refractivity (Wildman–Crippen MR) is 79.8 cm³/mol. The summed E-state index contributed by atoms with van der Waals surface area (Å²) in [5.41, 5.74) is 5.64. The number of nitrogens with two attached hydrogens (primary N) is 1. The van der Waals surface area contributed by atoms with Gasteiger partial charge in [0.05, 0.1) is 5.54 Å². The Labute approximate surface area is 116 Å². The van der Waals surface area contributed by atoms with E-state index in [-0.39, 0.29) is 5.91 Å². The molecule has 0 heterocycles. The fourth-order valence-corrected chi connectivity index (χ4v) is 3.22. The van der Waals surface area contributed by atoms with Crippen molar-refractivity contribution in [3.05, 3.63) is 0 Å². The van der Waals surface area contributed by atoms with Crippen molar-refractivity contribution in [3.63, 3.8) is 0 Å². The SMILES string of the molecule is CSCCCCCNC(=O)C1(N)CCCC(C)C1. The van der Waals surface area contributed by atoms with Crippen molar-refractivity contribution < 1.29 is 4.79 Å². The Morgan fingerprint density at radius 3 is 2.89 bits per heavy atom. The van der Waals surface area contributed by atoms with Crippen LogP contribution >= 0.6 is 11.8 Å². The van der Waals surface area contributed by atoms with Gasteiger partial charge in [-0.25, -0.2) is 0 Å². The molecule has 1 fully saturated rings. The number of carbonyl (C=O) groups excluding carboxylic acids is 1. The van der Waals surface area contributed by atoms with Crippen molar-refractivity contribution in [2.45, 2.75) is 57.4 Å². The van der Waals surface area contributed by atoms with E-state index in [9.17, 15) is 4.79 Å². The highest BCUT2D eigenvalue weighted by molar-refractivity contribution is 7.98. The van der Waals surface area contributed by atoms with Crippen LogP contribution in [0.4, 0.5) is 0 Å². The molecule has 18 heavy (non-hydrogen) atoms. The summed E-state index contributed by atoms with van der Waals surface area (Å²) in [4.78, 5) is 12.1. The van der Waals surface area contributed by atoms with E-state index in [2.05, 4.69) is 18.5 Å². The lowest BCUT2D eigenvalue weighted by Crippen LogP contribution is -2.56. The van der Waals surface area contributed by atoms with Crippen LogP contribution in [-0.2, 0) is 4.79 Å². The number of carbonyl (C=O) groups is 1. The third-order valence-corrected chi connectivity index (χ3v) is 4.49. The molecule has 2 unspecified atom stereocenters. The number of hydrogen-bond acceptors (Lipinski definition) is 3.